The van der Waals surface area contributed by atoms with Gasteiger partial charge in [-0.2, -0.15) is 0 Å². The van der Waals surface area contributed by atoms with Crippen molar-refractivity contribution < 1.29 is 9.84 Å². The molecule has 0 saturated heterocycles. The average Bonchev–Trinajstić information content (AvgIpc) is 2.13. The van der Waals surface area contributed by atoms with Crippen LogP contribution < -0.4 is 5.32 Å². The number of methoxy groups -OCH3 is 1. The van der Waals surface area contributed by atoms with E-state index >= 15 is 0 Å². The fourth-order valence-electron chi connectivity index (χ4n) is 0.982. The van der Waals surface area contributed by atoms with Crippen LogP contribution in [0.5, 0.6) is 0 Å². The number of aliphatic hydroxyl groups is 1. The lowest BCUT2D eigenvalue weighted by atomic mass is 10.2. The predicted octanol–water partition coefficient (Wildman–Crippen LogP) is 0.768. The molecule has 2 N–H and O–H groups in total. The Morgan fingerprint density at radius 1 is 1.54 bits per heavy atom. The van der Waals surface area contributed by atoms with E-state index in [4.69, 9.17) is 21.4 Å². The van der Waals surface area contributed by atoms with E-state index < -0.39 is 0 Å². The van der Waals surface area contributed by atoms with Gasteiger partial charge in [0.25, 0.3) is 0 Å². The zero-order chi connectivity index (χ0) is 9.94. The van der Waals surface area contributed by atoms with Gasteiger partial charge >= 0.3 is 0 Å². The summed E-state index contributed by atoms with van der Waals surface area (Å²) in [5.74, 6) is 0.538. The highest BCUT2D eigenvalue weighted by Crippen LogP contribution is 1.91. The van der Waals surface area contributed by atoms with Crippen LogP contribution in [0.1, 0.15) is 6.42 Å². The molecular weight excluding hydrogens is 190 g/mol. The first kappa shape index (κ1) is 12.9. The van der Waals surface area contributed by atoms with Crippen molar-refractivity contribution in [3.63, 3.8) is 0 Å². The van der Waals surface area contributed by atoms with Crippen LogP contribution in [0.25, 0.3) is 0 Å². The number of hydrogen-bond donors (Lipinski definition) is 2. The molecule has 13 heavy (non-hydrogen) atoms. The minimum Gasteiger partial charge on any atom is -0.396 e. The summed E-state index contributed by atoms with van der Waals surface area (Å²) in [7, 11) is 1.65. The third-order valence-electron chi connectivity index (χ3n) is 1.63. The van der Waals surface area contributed by atoms with Crippen LogP contribution in [-0.2, 0) is 4.74 Å². The van der Waals surface area contributed by atoms with E-state index in [0.717, 1.165) is 6.54 Å². The molecule has 0 heterocycles. The van der Waals surface area contributed by atoms with Gasteiger partial charge in [-0.15, -0.1) is 11.6 Å². The molecule has 0 aliphatic carbocycles. The number of hydrogen-bond acceptors (Lipinski definition) is 3. The maximum atomic E-state index is 8.73. The summed E-state index contributed by atoms with van der Waals surface area (Å²) >= 11 is 5.46. The molecule has 0 aliphatic heterocycles. The van der Waals surface area contributed by atoms with E-state index in [-0.39, 0.29) is 12.6 Å². The summed E-state index contributed by atoms with van der Waals surface area (Å²) < 4.78 is 4.99. The molecule has 0 bridgehead atoms. The Morgan fingerprint density at radius 3 is 2.85 bits per heavy atom. The average molecular weight is 208 g/mol. The van der Waals surface area contributed by atoms with Crippen molar-refractivity contribution >= 4 is 11.6 Å². The molecule has 3 nitrogen and oxygen atoms in total. The normalized spacial score (nSPS) is 13.8. The van der Waals surface area contributed by atoms with E-state index in [1.807, 2.05) is 12.2 Å². The highest BCUT2D eigenvalue weighted by molar-refractivity contribution is 6.18. The first-order valence-electron chi connectivity index (χ1n) is 4.39. The Bertz CT molecular complexity index is 125. The predicted molar refractivity (Wildman–Crippen MR) is 55.2 cm³/mol. The monoisotopic (exact) mass is 207 g/mol. The number of ether oxygens (including phenoxy) is 1. The summed E-state index contributed by atoms with van der Waals surface area (Å²) in [5, 5.41) is 12.0. The second-order valence-electron chi connectivity index (χ2n) is 2.70. The van der Waals surface area contributed by atoms with Crippen molar-refractivity contribution in [1.82, 2.24) is 5.32 Å². The van der Waals surface area contributed by atoms with E-state index in [2.05, 4.69) is 5.32 Å². The molecule has 1 unspecified atom stereocenters. The lowest BCUT2D eigenvalue weighted by Crippen LogP contribution is -2.34. The van der Waals surface area contributed by atoms with Crippen LogP contribution in [0.3, 0.4) is 0 Å². The van der Waals surface area contributed by atoms with Gasteiger partial charge in [0.05, 0.1) is 6.61 Å². The standard InChI is InChI=1S/C9H18ClNO2/c1-13-8-9(4-7-12)11-6-3-2-5-10/h2-3,9,11-12H,4-8H2,1H3/b3-2+. The number of aliphatic hydroxyl groups excluding tert-OH is 1. The summed E-state index contributed by atoms with van der Waals surface area (Å²) in [5.41, 5.74) is 0. The number of nitrogens with one attached hydrogen (secondary N) is 1. The van der Waals surface area contributed by atoms with Gasteiger partial charge < -0.3 is 15.2 Å². The van der Waals surface area contributed by atoms with Crippen LogP contribution in [0.2, 0.25) is 0 Å². The Balaban J connectivity index is 3.49. The number of alkyl halides is 1. The van der Waals surface area contributed by atoms with Crippen molar-refractivity contribution in [3.8, 4) is 0 Å². The van der Waals surface area contributed by atoms with Gasteiger partial charge in [-0.1, -0.05) is 12.2 Å². The molecule has 0 aromatic rings. The molecule has 4 heteroatoms. The lowest BCUT2D eigenvalue weighted by molar-refractivity contribution is 0.150. The van der Waals surface area contributed by atoms with Crippen LogP contribution in [0.15, 0.2) is 12.2 Å². The van der Waals surface area contributed by atoms with Crippen molar-refractivity contribution in [1.29, 1.82) is 0 Å². The minimum atomic E-state index is 0.181. The number of halogens is 1. The summed E-state index contributed by atoms with van der Waals surface area (Å²) in [4.78, 5) is 0. The smallest absolute Gasteiger partial charge is 0.0616 e. The van der Waals surface area contributed by atoms with Crippen LogP contribution in [0.4, 0.5) is 0 Å². The van der Waals surface area contributed by atoms with E-state index in [1.165, 1.54) is 0 Å². The molecule has 78 valence electrons. The maximum Gasteiger partial charge on any atom is 0.0616 e. The molecule has 0 spiro atoms. The second kappa shape index (κ2) is 9.99. The van der Waals surface area contributed by atoms with Crippen molar-refractivity contribution in [3.05, 3.63) is 12.2 Å². The highest BCUT2D eigenvalue weighted by atomic mass is 35.5. The molecule has 0 aromatic heterocycles. The van der Waals surface area contributed by atoms with Crippen LogP contribution in [-0.4, -0.2) is 43.9 Å². The third kappa shape index (κ3) is 8.25. The molecular formula is C9H18ClNO2. The molecule has 0 amide bonds. The van der Waals surface area contributed by atoms with Crippen molar-refractivity contribution in [2.45, 2.75) is 12.5 Å². The lowest BCUT2D eigenvalue weighted by Gasteiger charge is -2.15. The van der Waals surface area contributed by atoms with Gasteiger partial charge in [-0.25, -0.2) is 0 Å². The summed E-state index contributed by atoms with van der Waals surface area (Å²) in [6.45, 7) is 1.57. The van der Waals surface area contributed by atoms with Crippen molar-refractivity contribution in [2.24, 2.45) is 0 Å². The third-order valence-corrected chi connectivity index (χ3v) is 1.80. The Hall–Kier alpha value is -0.0900. The zero-order valence-corrected chi connectivity index (χ0v) is 8.76. The summed E-state index contributed by atoms with van der Waals surface area (Å²) in [6, 6.07) is 0.218. The SMILES string of the molecule is COCC(CCO)NC/C=C/CCl. The first-order valence-corrected chi connectivity index (χ1v) is 4.92. The Morgan fingerprint density at radius 2 is 2.31 bits per heavy atom. The molecule has 1 atom stereocenters. The largest absolute Gasteiger partial charge is 0.396 e. The van der Waals surface area contributed by atoms with Gasteiger partial charge in [0.2, 0.25) is 0 Å². The van der Waals surface area contributed by atoms with Gasteiger partial charge in [-0.3, -0.25) is 0 Å². The maximum absolute atomic E-state index is 8.73. The molecule has 0 radical (unpaired) electrons. The minimum absolute atomic E-state index is 0.181. The summed E-state index contributed by atoms with van der Waals surface area (Å²) in [6.07, 6.45) is 4.56. The molecule has 0 rings (SSSR count). The van der Waals surface area contributed by atoms with Crippen LogP contribution >= 0.6 is 11.6 Å². The van der Waals surface area contributed by atoms with Gasteiger partial charge in [0, 0.05) is 32.2 Å². The molecule has 0 saturated carbocycles. The second-order valence-corrected chi connectivity index (χ2v) is 3.01. The molecule has 0 aliphatic rings. The quantitative estimate of drug-likeness (QED) is 0.457. The van der Waals surface area contributed by atoms with Crippen molar-refractivity contribution in [2.75, 3.05) is 32.7 Å². The zero-order valence-electron chi connectivity index (χ0n) is 8.00. The van der Waals surface area contributed by atoms with E-state index in [9.17, 15) is 0 Å². The first-order chi connectivity index (χ1) is 6.35. The Kier molecular flexibility index (Phi) is 9.92. The fourth-order valence-corrected chi connectivity index (χ4v) is 1.11. The molecule has 0 aromatic carbocycles. The van der Waals surface area contributed by atoms with Gasteiger partial charge in [0.1, 0.15) is 0 Å². The van der Waals surface area contributed by atoms with Gasteiger partial charge in [-0.05, 0) is 6.42 Å². The number of allylic oxidation sites excluding steroid dienone is 1. The van der Waals surface area contributed by atoms with E-state index in [0.29, 0.717) is 18.9 Å². The van der Waals surface area contributed by atoms with Crippen LogP contribution in [0, 0.1) is 0 Å². The van der Waals surface area contributed by atoms with Gasteiger partial charge in [0.15, 0.2) is 0 Å². The van der Waals surface area contributed by atoms with E-state index in [1.54, 1.807) is 7.11 Å². The Labute approximate surface area is 84.7 Å². The fraction of sp³-hybridized carbons (Fsp3) is 0.778. The number of rotatable bonds is 8. The topological polar surface area (TPSA) is 41.5 Å². The molecule has 0 fully saturated rings. The highest BCUT2D eigenvalue weighted by Gasteiger charge is 2.04.